The van der Waals surface area contributed by atoms with Crippen molar-refractivity contribution in [2.24, 2.45) is 0 Å². The van der Waals surface area contributed by atoms with Crippen LogP contribution in [0.25, 0.3) is 0 Å². The smallest absolute Gasteiger partial charge is 0.255 e. The van der Waals surface area contributed by atoms with Crippen LogP contribution in [0.1, 0.15) is 79.2 Å². The highest BCUT2D eigenvalue weighted by Crippen LogP contribution is 2.21. The van der Waals surface area contributed by atoms with Gasteiger partial charge in [0.05, 0.1) is 4.90 Å². The van der Waals surface area contributed by atoms with E-state index in [1.54, 1.807) is 39.0 Å². The first-order chi connectivity index (χ1) is 15.4. The van der Waals surface area contributed by atoms with Gasteiger partial charge in [0, 0.05) is 28.4 Å². The molecule has 0 aliphatic heterocycles. The topological polar surface area (TPSA) is 104 Å². The zero-order valence-corrected chi connectivity index (χ0v) is 20.5. The molecule has 2 amide bonds. The Morgan fingerprint density at radius 3 is 2.06 bits per heavy atom. The molecule has 0 unspecified atom stereocenters. The lowest BCUT2D eigenvalue weighted by Gasteiger charge is -2.23. The van der Waals surface area contributed by atoms with Gasteiger partial charge in [-0.15, -0.1) is 0 Å². The maximum atomic E-state index is 12.7. The molecule has 7 nitrogen and oxygen atoms in total. The molecule has 0 aromatic heterocycles. The summed E-state index contributed by atoms with van der Waals surface area (Å²) in [6, 6.07) is 11.2. The third-order valence-corrected chi connectivity index (χ3v) is 7.32. The van der Waals surface area contributed by atoms with Gasteiger partial charge >= 0.3 is 0 Å². The van der Waals surface area contributed by atoms with E-state index in [1.165, 1.54) is 30.7 Å². The summed E-state index contributed by atoms with van der Waals surface area (Å²) in [4.78, 5) is 25.3. The fourth-order valence-corrected chi connectivity index (χ4v) is 5.32. The number of hydrogen-bond acceptors (Lipinski definition) is 4. The standard InChI is InChI=1S/C25H33N3O4S/c1-17-16-19(24(30)26-20-8-6-5-7-9-20)12-15-22(17)27-23(29)18-10-13-21(14-11-18)33(31,32)28-25(2,3)4/h10-16,20,28H,5-9H2,1-4H3,(H,26,30)(H,27,29). The number of carbonyl (C=O) groups is 2. The van der Waals surface area contributed by atoms with Crippen molar-refractivity contribution in [1.82, 2.24) is 10.0 Å². The lowest BCUT2D eigenvalue weighted by atomic mass is 9.95. The van der Waals surface area contributed by atoms with E-state index in [4.69, 9.17) is 0 Å². The Kier molecular flexibility index (Phi) is 7.59. The number of anilines is 1. The summed E-state index contributed by atoms with van der Waals surface area (Å²) in [5.74, 6) is -0.450. The van der Waals surface area contributed by atoms with Gasteiger partial charge in [0.15, 0.2) is 0 Å². The van der Waals surface area contributed by atoms with Crippen molar-refractivity contribution in [3.05, 3.63) is 59.2 Å². The van der Waals surface area contributed by atoms with Crippen LogP contribution in [-0.2, 0) is 10.0 Å². The van der Waals surface area contributed by atoms with Crippen molar-refractivity contribution in [3.8, 4) is 0 Å². The van der Waals surface area contributed by atoms with Crippen LogP contribution in [-0.4, -0.2) is 31.8 Å². The maximum absolute atomic E-state index is 12.7. The molecule has 1 aliphatic carbocycles. The Morgan fingerprint density at radius 2 is 1.48 bits per heavy atom. The molecule has 8 heteroatoms. The molecule has 1 aliphatic rings. The van der Waals surface area contributed by atoms with Crippen molar-refractivity contribution < 1.29 is 18.0 Å². The summed E-state index contributed by atoms with van der Waals surface area (Å²) in [5, 5.41) is 5.93. The molecule has 178 valence electrons. The second-order valence-corrected chi connectivity index (χ2v) is 11.4. The first-order valence-corrected chi connectivity index (χ1v) is 12.8. The molecule has 0 radical (unpaired) electrons. The van der Waals surface area contributed by atoms with Gasteiger partial charge in [-0.05, 0) is 88.6 Å². The molecule has 1 saturated carbocycles. The minimum absolute atomic E-state index is 0.0939. The van der Waals surface area contributed by atoms with Crippen molar-refractivity contribution >= 4 is 27.5 Å². The second-order valence-electron chi connectivity index (χ2n) is 9.67. The molecule has 0 atom stereocenters. The average Bonchev–Trinajstić information content (AvgIpc) is 2.74. The zero-order valence-electron chi connectivity index (χ0n) is 19.7. The molecular formula is C25H33N3O4S. The molecule has 2 aromatic carbocycles. The van der Waals surface area contributed by atoms with Crippen molar-refractivity contribution in [2.45, 2.75) is 76.3 Å². The Hall–Kier alpha value is -2.71. The highest BCUT2D eigenvalue weighted by Gasteiger charge is 2.22. The lowest BCUT2D eigenvalue weighted by molar-refractivity contribution is 0.0927. The monoisotopic (exact) mass is 471 g/mol. The molecule has 2 aromatic rings. The Balaban J connectivity index is 1.65. The Bertz CT molecular complexity index is 1110. The number of amides is 2. The van der Waals surface area contributed by atoms with Crippen LogP contribution in [0, 0.1) is 6.92 Å². The first kappa shape index (κ1) is 24.9. The van der Waals surface area contributed by atoms with Crippen LogP contribution in [0.4, 0.5) is 5.69 Å². The largest absolute Gasteiger partial charge is 0.349 e. The van der Waals surface area contributed by atoms with Gasteiger partial charge in [-0.1, -0.05) is 19.3 Å². The molecule has 3 N–H and O–H groups in total. The summed E-state index contributed by atoms with van der Waals surface area (Å²) in [5.41, 5.74) is 1.67. The van der Waals surface area contributed by atoms with E-state index in [1.807, 2.05) is 6.92 Å². The van der Waals surface area contributed by atoms with E-state index in [-0.39, 0.29) is 22.8 Å². The van der Waals surface area contributed by atoms with Gasteiger partial charge in [0.1, 0.15) is 0 Å². The summed E-state index contributed by atoms with van der Waals surface area (Å²) in [6.45, 7) is 7.12. The third kappa shape index (κ3) is 6.88. The highest BCUT2D eigenvalue weighted by atomic mass is 32.2. The fraction of sp³-hybridized carbons (Fsp3) is 0.440. The fourth-order valence-electron chi connectivity index (χ4n) is 3.90. The number of benzene rings is 2. The van der Waals surface area contributed by atoms with Gasteiger partial charge in [-0.25, -0.2) is 13.1 Å². The van der Waals surface area contributed by atoms with Gasteiger partial charge in [-0.2, -0.15) is 0 Å². The number of carbonyl (C=O) groups excluding carboxylic acids is 2. The van der Waals surface area contributed by atoms with Gasteiger partial charge in [0.25, 0.3) is 11.8 Å². The minimum atomic E-state index is -3.67. The molecule has 0 spiro atoms. The number of nitrogens with one attached hydrogen (secondary N) is 3. The first-order valence-electron chi connectivity index (χ1n) is 11.3. The van der Waals surface area contributed by atoms with Crippen LogP contribution in [0.15, 0.2) is 47.4 Å². The molecule has 1 fully saturated rings. The summed E-state index contributed by atoms with van der Waals surface area (Å²) in [6.07, 6.45) is 5.56. The molecule has 3 rings (SSSR count). The number of hydrogen-bond donors (Lipinski definition) is 3. The maximum Gasteiger partial charge on any atom is 0.255 e. The van der Waals surface area contributed by atoms with Gasteiger partial charge in [0.2, 0.25) is 10.0 Å². The van der Waals surface area contributed by atoms with E-state index in [0.29, 0.717) is 16.8 Å². The predicted octanol–water partition coefficient (Wildman–Crippen LogP) is 4.39. The van der Waals surface area contributed by atoms with E-state index in [0.717, 1.165) is 31.2 Å². The zero-order chi connectivity index (χ0) is 24.2. The third-order valence-electron chi connectivity index (χ3n) is 5.54. The van der Waals surface area contributed by atoms with Gasteiger partial charge in [-0.3, -0.25) is 9.59 Å². The van der Waals surface area contributed by atoms with Gasteiger partial charge < -0.3 is 10.6 Å². The van der Waals surface area contributed by atoms with E-state index in [9.17, 15) is 18.0 Å². The summed E-state index contributed by atoms with van der Waals surface area (Å²) < 4.78 is 27.5. The van der Waals surface area contributed by atoms with Crippen LogP contribution < -0.4 is 15.4 Å². The van der Waals surface area contributed by atoms with E-state index in [2.05, 4.69) is 15.4 Å². The van der Waals surface area contributed by atoms with Crippen molar-refractivity contribution in [2.75, 3.05) is 5.32 Å². The Morgan fingerprint density at radius 1 is 0.879 bits per heavy atom. The number of sulfonamides is 1. The summed E-state index contributed by atoms with van der Waals surface area (Å²) in [7, 11) is -3.67. The average molecular weight is 472 g/mol. The van der Waals surface area contributed by atoms with Crippen LogP contribution in [0.5, 0.6) is 0 Å². The van der Waals surface area contributed by atoms with E-state index < -0.39 is 15.6 Å². The molecule has 33 heavy (non-hydrogen) atoms. The Labute approximate surface area is 196 Å². The highest BCUT2D eigenvalue weighted by molar-refractivity contribution is 7.89. The quantitative estimate of drug-likeness (QED) is 0.581. The second kappa shape index (κ2) is 10.1. The summed E-state index contributed by atoms with van der Waals surface area (Å²) >= 11 is 0. The molecule has 0 saturated heterocycles. The predicted molar refractivity (Wildman–Crippen MR) is 130 cm³/mol. The van der Waals surface area contributed by atoms with Crippen LogP contribution in [0.2, 0.25) is 0 Å². The SMILES string of the molecule is Cc1cc(C(=O)NC2CCCCC2)ccc1NC(=O)c1ccc(S(=O)(=O)NC(C)(C)C)cc1. The number of rotatable bonds is 6. The van der Waals surface area contributed by atoms with Crippen molar-refractivity contribution in [1.29, 1.82) is 0 Å². The number of aryl methyl sites for hydroxylation is 1. The normalized spacial score (nSPS) is 15.2. The molecular weight excluding hydrogens is 438 g/mol. The lowest BCUT2D eigenvalue weighted by Crippen LogP contribution is -2.40. The van der Waals surface area contributed by atoms with Crippen molar-refractivity contribution in [3.63, 3.8) is 0 Å². The van der Waals surface area contributed by atoms with Crippen LogP contribution >= 0.6 is 0 Å². The molecule has 0 heterocycles. The minimum Gasteiger partial charge on any atom is -0.349 e. The van der Waals surface area contributed by atoms with E-state index >= 15 is 0 Å². The molecule has 0 bridgehead atoms. The van der Waals surface area contributed by atoms with Crippen LogP contribution in [0.3, 0.4) is 0 Å².